The number of hydrogen-bond acceptors (Lipinski definition) is 3. The van der Waals surface area contributed by atoms with Crippen LogP contribution < -0.4 is 5.32 Å². The minimum Gasteiger partial charge on any atom is -0.481 e. The molecule has 17 heavy (non-hydrogen) atoms. The molecule has 0 bridgehead atoms. The number of nitrogens with zero attached hydrogens (tertiary/aromatic N) is 1. The predicted octanol–water partition coefficient (Wildman–Crippen LogP) is 0.935. The predicted molar refractivity (Wildman–Crippen MR) is 61.8 cm³/mol. The van der Waals surface area contributed by atoms with Crippen molar-refractivity contribution in [1.29, 1.82) is 5.26 Å². The molecule has 2 heterocycles. The van der Waals surface area contributed by atoms with Gasteiger partial charge in [0.05, 0.1) is 0 Å². The van der Waals surface area contributed by atoms with Crippen LogP contribution in [0.4, 0.5) is 0 Å². The van der Waals surface area contributed by atoms with E-state index in [9.17, 15) is 9.90 Å². The topological polar surface area (TPSA) is 88.9 Å². The second kappa shape index (κ2) is 3.90. The van der Waals surface area contributed by atoms with Crippen LogP contribution in [0.3, 0.4) is 0 Å². The summed E-state index contributed by atoms with van der Waals surface area (Å²) in [5.74, 6) is -1.49. The molecule has 0 amide bonds. The van der Waals surface area contributed by atoms with Crippen molar-refractivity contribution in [3.8, 4) is 6.07 Å². The van der Waals surface area contributed by atoms with Crippen LogP contribution in [0.25, 0.3) is 0 Å². The van der Waals surface area contributed by atoms with E-state index in [1.54, 1.807) is 6.07 Å². The average molecular weight is 233 g/mol. The molecule has 2 rings (SSSR count). The third kappa shape index (κ3) is 1.92. The van der Waals surface area contributed by atoms with E-state index in [0.717, 1.165) is 5.56 Å². The molecule has 0 radical (unpaired) electrons. The van der Waals surface area contributed by atoms with Crippen LogP contribution in [0.15, 0.2) is 6.07 Å². The summed E-state index contributed by atoms with van der Waals surface area (Å²) in [6.45, 7) is 5.17. The molecule has 90 valence electrons. The standard InChI is InChI=1S/C12H15N3O2/c1-12(2)6-14-5-8(11(16)17)10-9(12)3-7(4-13)15-10/h3,8,14-15H,5-6H2,1-2H3,(H,16,17). The first-order chi connectivity index (χ1) is 7.95. The van der Waals surface area contributed by atoms with Gasteiger partial charge in [0.25, 0.3) is 0 Å². The number of aromatic nitrogens is 1. The summed E-state index contributed by atoms with van der Waals surface area (Å²) in [6.07, 6.45) is 0. The Labute approximate surface area is 99.5 Å². The fourth-order valence-corrected chi connectivity index (χ4v) is 2.30. The van der Waals surface area contributed by atoms with Gasteiger partial charge in [-0.2, -0.15) is 5.26 Å². The number of carboxylic acid groups (broad SMARTS) is 1. The molecule has 0 saturated carbocycles. The molecule has 1 aromatic rings. The van der Waals surface area contributed by atoms with Crippen LogP contribution >= 0.6 is 0 Å². The molecule has 1 aromatic heterocycles. The lowest BCUT2D eigenvalue weighted by molar-refractivity contribution is -0.138. The van der Waals surface area contributed by atoms with E-state index in [1.165, 1.54) is 0 Å². The Morgan fingerprint density at radius 3 is 2.94 bits per heavy atom. The van der Waals surface area contributed by atoms with Gasteiger partial charge in [0.2, 0.25) is 0 Å². The first kappa shape index (κ1) is 11.7. The van der Waals surface area contributed by atoms with E-state index in [-0.39, 0.29) is 5.41 Å². The maximum absolute atomic E-state index is 11.2. The highest BCUT2D eigenvalue weighted by Crippen LogP contribution is 2.33. The van der Waals surface area contributed by atoms with E-state index < -0.39 is 11.9 Å². The van der Waals surface area contributed by atoms with Gasteiger partial charge in [-0.15, -0.1) is 0 Å². The molecule has 5 heteroatoms. The molecule has 0 saturated heterocycles. The van der Waals surface area contributed by atoms with Gasteiger partial charge in [0, 0.05) is 24.2 Å². The third-order valence-corrected chi connectivity index (χ3v) is 3.26. The lowest BCUT2D eigenvalue weighted by Gasteiger charge is -2.22. The Bertz CT molecular complexity index is 496. The van der Waals surface area contributed by atoms with Crippen LogP contribution in [0, 0.1) is 11.3 Å². The minimum atomic E-state index is -0.872. The maximum atomic E-state index is 11.2. The Hall–Kier alpha value is -1.80. The zero-order valence-electron chi connectivity index (χ0n) is 9.87. The maximum Gasteiger partial charge on any atom is 0.313 e. The Morgan fingerprint density at radius 2 is 2.35 bits per heavy atom. The zero-order chi connectivity index (χ0) is 12.6. The summed E-state index contributed by atoms with van der Waals surface area (Å²) in [5, 5.41) is 21.3. The highest BCUT2D eigenvalue weighted by Gasteiger charge is 2.35. The average Bonchev–Trinajstić information content (AvgIpc) is 2.63. The van der Waals surface area contributed by atoms with E-state index >= 15 is 0 Å². The van der Waals surface area contributed by atoms with Crippen molar-refractivity contribution < 1.29 is 9.90 Å². The molecule has 1 aliphatic heterocycles. The van der Waals surface area contributed by atoms with Crippen molar-refractivity contribution >= 4 is 5.97 Å². The number of H-pyrrole nitrogens is 1. The van der Waals surface area contributed by atoms with Gasteiger partial charge in [0.1, 0.15) is 17.7 Å². The van der Waals surface area contributed by atoms with Crippen LogP contribution in [-0.2, 0) is 10.2 Å². The van der Waals surface area contributed by atoms with Crippen molar-refractivity contribution in [2.45, 2.75) is 25.2 Å². The Balaban J connectivity index is 2.58. The molecular weight excluding hydrogens is 218 g/mol. The van der Waals surface area contributed by atoms with Crippen LogP contribution in [-0.4, -0.2) is 29.1 Å². The number of carboxylic acids is 1. The van der Waals surface area contributed by atoms with Crippen molar-refractivity contribution in [2.24, 2.45) is 0 Å². The Kier molecular flexibility index (Phi) is 2.68. The van der Waals surface area contributed by atoms with Gasteiger partial charge < -0.3 is 15.4 Å². The smallest absolute Gasteiger partial charge is 0.313 e. The van der Waals surface area contributed by atoms with E-state index in [0.29, 0.717) is 24.5 Å². The Morgan fingerprint density at radius 1 is 1.65 bits per heavy atom. The summed E-state index contributed by atoms with van der Waals surface area (Å²) in [6, 6.07) is 3.80. The third-order valence-electron chi connectivity index (χ3n) is 3.26. The number of nitrogens with one attached hydrogen (secondary N) is 2. The van der Waals surface area contributed by atoms with E-state index in [1.807, 2.05) is 19.9 Å². The molecule has 0 fully saturated rings. The molecule has 0 spiro atoms. The van der Waals surface area contributed by atoms with Crippen LogP contribution in [0.2, 0.25) is 0 Å². The normalized spacial score (nSPS) is 22.3. The van der Waals surface area contributed by atoms with Gasteiger partial charge in [-0.3, -0.25) is 4.79 Å². The molecule has 1 unspecified atom stereocenters. The SMILES string of the molecule is CC1(C)CNCC(C(=O)O)c2[nH]c(C#N)cc21. The highest BCUT2D eigenvalue weighted by atomic mass is 16.4. The largest absolute Gasteiger partial charge is 0.481 e. The number of fused-ring (bicyclic) bond motifs is 1. The number of carbonyl (C=O) groups is 1. The molecule has 0 aliphatic carbocycles. The second-order valence-corrected chi connectivity index (χ2v) is 5.03. The van der Waals surface area contributed by atoms with E-state index in [2.05, 4.69) is 10.3 Å². The fraction of sp³-hybridized carbons (Fsp3) is 0.500. The molecule has 5 nitrogen and oxygen atoms in total. The molecular formula is C12H15N3O2. The number of hydrogen-bond donors (Lipinski definition) is 3. The van der Waals surface area contributed by atoms with Gasteiger partial charge >= 0.3 is 5.97 Å². The lowest BCUT2D eigenvalue weighted by atomic mass is 9.83. The molecule has 1 atom stereocenters. The summed E-state index contributed by atoms with van der Waals surface area (Å²) >= 11 is 0. The summed E-state index contributed by atoms with van der Waals surface area (Å²) < 4.78 is 0. The van der Waals surface area contributed by atoms with Crippen molar-refractivity contribution in [3.63, 3.8) is 0 Å². The number of aliphatic carboxylic acids is 1. The van der Waals surface area contributed by atoms with Crippen LogP contribution in [0.5, 0.6) is 0 Å². The highest BCUT2D eigenvalue weighted by molar-refractivity contribution is 5.77. The number of rotatable bonds is 1. The summed E-state index contributed by atoms with van der Waals surface area (Å²) in [4.78, 5) is 14.2. The minimum absolute atomic E-state index is 0.175. The van der Waals surface area contributed by atoms with Crippen molar-refractivity contribution in [1.82, 2.24) is 10.3 Å². The fourth-order valence-electron chi connectivity index (χ4n) is 2.30. The lowest BCUT2D eigenvalue weighted by Crippen LogP contribution is -2.32. The number of nitriles is 1. The summed E-state index contributed by atoms with van der Waals surface area (Å²) in [7, 11) is 0. The second-order valence-electron chi connectivity index (χ2n) is 5.03. The van der Waals surface area contributed by atoms with Gasteiger partial charge in [-0.05, 0) is 11.6 Å². The molecule has 1 aliphatic rings. The quantitative estimate of drug-likeness (QED) is 0.673. The number of aromatic amines is 1. The first-order valence-electron chi connectivity index (χ1n) is 5.52. The van der Waals surface area contributed by atoms with Crippen LogP contribution in [0.1, 0.15) is 36.7 Å². The van der Waals surface area contributed by atoms with Gasteiger partial charge in [0.15, 0.2) is 0 Å². The molecule has 0 aromatic carbocycles. The summed E-state index contributed by atoms with van der Waals surface area (Å²) in [5.41, 5.74) is 1.83. The first-order valence-corrected chi connectivity index (χ1v) is 5.52. The molecule has 3 N–H and O–H groups in total. The van der Waals surface area contributed by atoms with Gasteiger partial charge in [-0.25, -0.2) is 0 Å². The zero-order valence-corrected chi connectivity index (χ0v) is 9.87. The van der Waals surface area contributed by atoms with Gasteiger partial charge in [-0.1, -0.05) is 13.8 Å². The van der Waals surface area contributed by atoms with E-state index in [4.69, 9.17) is 5.26 Å². The monoisotopic (exact) mass is 233 g/mol. The van der Waals surface area contributed by atoms with Crippen molar-refractivity contribution in [3.05, 3.63) is 23.0 Å². The van der Waals surface area contributed by atoms with Crippen molar-refractivity contribution in [2.75, 3.05) is 13.1 Å².